The van der Waals surface area contributed by atoms with Gasteiger partial charge in [0.2, 0.25) is 41.4 Å². The second kappa shape index (κ2) is 26.8. The third-order valence-corrected chi connectivity index (χ3v) is 13.2. The van der Waals surface area contributed by atoms with E-state index in [1.54, 1.807) is 58.0 Å². The van der Waals surface area contributed by atoms with Gasteiger partial charge in [0.15, 0.2) is 6.04 Å². The number of nitrogens with one attached hydrogen (secondary N) is 6. The van der Waals surface area contributed by atoms with Gasteiger partial charge in [0.05, 0.1) is 24.7 Å². The summed E-state index contributed by atoms with van der Waals surface area (Å²) in [6.07, 6.45) is -3.96. The minimum Gasteiger partial charge on any atom is -0.487 e. The van der Waals surface area contributed by atoms with Crippen molar-refractivity contribution in [1.29, 1.82) is 0 Å². The first-order valence-corrected chi connectivity index (χ1v) is 24.4. The molecule has 3 aliphatic rings. The van der Waals surface area contributed by atoms with Crippen LogP contribution >= 0.6 is 0 Å². The van der Waals surface area contributed by atoms with Crippen LogP contribution in [0.3, 0.4) is 0 Å². The number of fused-ring (bicyclic) bond motifs is 11. The molecule has 7 amide bonds. The Labute approximate surface area is 429 Å². The standard InChI is InChI=1S/C51H71N7O16/c1-10-27(4)39-46(66)57-42-33-16-18-34(19-17-33)74-31(8)51(71,25-59)21-20-37(61)52-23-38(62)72-24-35(50(70)73-30(7)41(48(68)54-39)56-44(64)28(5)43(63)26(2)3)53-47(67)40(29(6)60)55-45(65)36(58(9)49(42)69)22-32-14-12-11-13-15-32/h11-21,26-31,35-36,39-43,59-60,63,71H,10,22-25H2,1-9H3,(H,52,61)(H,53,67)(H,54,68)(H,55,65)(H,56,64)(H,57,66)/b21-20+/t27-,28+,29+,30-,31+,35-,36+,39-,40+,41-,42-,43+,51+/m0/s1. The Hall–Kier alpha value is -6.95. The highest BCUT2D eigenvalue weighted by Gasteiger charge is 2.42. The molecule has 23 nitrogen and oxygen atoms in total. The van der Waals surface area contributed by atoms with Crippen molar-refractivity contribution >= 4 is 53.3 Å². The van der Waals surface area contributed by atoms with Gasteiger partial charge in [-0.05, 0) is 61.9 Å². The molecule has 0 aromatic heterocycles. The van der Waals surface area contributed by atoms with E-state index in [2.05, 4.69) is 31.9 Å². The lowest BCUT2D eigenvalue weighted by Gasteiger charge is -2.34. The van der Waals surface area contributed by atoms with E-state index >= 15 is 4.79 Å². The molecule has 0 unspecified atom stereocenters. The van der Waals surface area contributed by atoms with Crippen LogP contribution in [0.5, 0.6) is 5.75 Å². The topological polar surface area (TPSA) is 338 Å². The normalized spacial score (nSPS) is 28.5. The molecule has 23 heteroatoms. The first-order chi connectivity index (χ1) is 34.8. The number of nitrogens with zero attached hydrogens (tertiary/aromatic N) is 1. The maximum absolute atomic E-state index is 15.1. The molecule has 3 aliphatic heterocycles. The van der Waals surface area contributed by atoms with Gasteiger partial charge in [-0.1, -0.05) is 83.5 Å². The molecule has 0 radical (unpaired) electrons. The van der Waals surface area contributed by atoms with Crippen molar-refractivity contribution in [3.63, 3.8) is 0 Å². The van der Waals surface area contributed by atoms with Crippen LogP contribution in [0, 0.1) is 17.8 Å². The number of amides is 7. The van der Waals surface area contributed by atoms with E-state index in [9.17, 15) is 58.8 Å². The van der Waals surface area contributed by atoms with Crippen molar-refractivity contribution < 1.29 is 77.8 Å². The third kappa shape index (κ3) is 15.8. The summed E-state index contributed by atoms with van der Waals surface area (Å²) in [4.78, 5) is 128. The van der Waals surface area contributed by atoms with Gasteiger partial charge in [0.1, 0.15) is 66.9 Å². The number of esters is 2. The fourth-order valence-corrected chi connectivity index (χ4v) is 7.92. The van der Waals surface area contributed by atoms with Crippen LogP contribution in [-0.4, -0.2) is 166 Å². The number of aliphatic hydroxyl groups excluding tert-OH is 3. The van der Waals surface area contributed by atoms with Crippen molar-refractivity contribution in [2.75, 3.05) is 26.8 Å². The number of hydrogen-bond donors (Lipinski definition) is 10. The molecule has 1 fully saturated rings. The second-order valence-corrected chi connectivity index (χ2v) is 19.1. The number of hydrogen-bond acceptors (Lipinski definition) is 16. The lowest BCUT2D eigenvalue weighted by atomic mass is 9.93. The maximum atomic E-state index is 15.1. The van der Waals surface area contributed by atoms with Crippen molar-refractivity contribution in [2.24, 2.45) is 17.8 Å². The molecule has 406 valence electrons. The highest BCUT2D eigenvalue weighted by molar-refractivity contribution is 5.98. The number of ether oxygens (including phenoxy) is 3. The van der Waals surface area contributed by atoms with Crippen molar-refractivity contribution in [3.8, 4) is 5.75 Å². The fourth-order valence-electron chi connectivity index (χ4n) is 7.92. The van der Waals surface area contributed by atoms with Crippen LogP contribution in [0.25, 0.3) is 0 Å². The molecule has 3 heterocycles. The maximum Gasteiger partial charge on any atom is 0.332 e. The van der Waals surface area contributed by atoms with Crippen molar-refractivity contribution in [1.82, 2.24) is 36.8 Å². The molecule has 0 spiro atoms. The van der Waals surface area contributed by atoms with Gasteiger partial charge < -0.3 is 71.4 Å². The molecule has 2 aromatic rings. The number of carbonyl (C=O) groups is 9. The van der Waals surface area contributed by atoms with Gasteiger partial charge in [-0.25, -0.2) is 4.79 Å². The molecular formula is C51H71N7O16. The molecule has 10 N–H and O–H groups in total. The second-order valence-electron chi connectivity index (χ2n) is 19.1. The fraction of sp³-hybridized carbons (Fsp3) is 0.549. The van der Waals surface area contributed by atoms with Gasteiger partial charge in [0.25, 0.3) is 0 Å². The number of rotatable bonds is 10. The average molecular weight is 1040 g/mol. The minimum atomic E-state index is -2.19. The zero-order valence-corrected chi connectivity index (χ0v) is 43.0. The Balaban J connectivity index is 2.03. The molecule has 5 rings (SSSR count). The Kier molecular flexibility index (Phi) is 21.6. The molecule has 74 heavy (non-hydrogen) atoms. The first-order valence-electron chi connectivity index (χ1n) is 24.4. The van der Waals surface area contributed by atoms with Gasteiger partial charge >= 0.3 is 11.9 Å². The highest BCUT2D eigenvalue weighted by Crippen LogP contribution is 2.26. The van der Waals surface area contributed by atoms with E-state index in [0.717, 1.165) is 24.0 Å². The quantitative estimate of drug-likeness (QED) is 0.122. The van der Waals surface area contributed by atoms with E-state index in [1.807, 2.05) is 0 Å². The van der Waals surface area contributed by atoms with Crippen LogP contribution in [-0.2, 0) is 59.0 Å². The summed E-state index contributed by atoms with van der Waals surface area (Å²) in [5.74, 6) is -11.6. The van der Waals surface area contributed by atoms with E-state index in [-0.39, 0.29) is 24.2 Å². The summed E-state index contributed by atoms with van der Waals surface area (Å²) in [7, 11) is 1.28. The molecule has 1 saturated heterocycles. The summed E-state index contributed by atoms with van der Waals surface area (Å²) < 4.78 is 16.9. The van der Waals surface area contributed by atoms with E-state index < -0.39 is 157 Å². The lowest BCUT2D eigenvalue weighted by molar-refractivity contribution is -0.160. The average Bonchev–Trinajstić information content (AvgIpc) is 3.37. The molecule has 0 aliphatic carbocycles. The van der Waals surface area contributed by atoms with E-state index in [0.29, 0.717) is 5.56 Å². The highest BCUT2D eigenvalue weighted by atomic mass is 16.6. The predicted molar refractivity (Wildman–Crippen MR) is 264 cm³/mol. The summed E-state index contributed by atoms with van der Waals surface area (Å²) >= 11 is 0. The number of aliphatic hydroxyl groups is 4. The molecule has 13 atom stereocenters. The molecule has 2 aromatic carbocycles. The first kappa shape index (κ1) is 59.6. The van der Waals surface area contributed by atoms with E-state index in [1.165, 1.54) is 52.1 Å². The zero-order valence-electron chi connectivity index (χ0n) is 43.0. The predicted octanol–water partition coefficient (Wildman–Crippen LogP) is -1.40. The van der Waals surface area contributed by atoms with Crippen LogP contribution in [0.15, 0.2) is 66.7 Å². The zero-order chi connectivity index (χ0) is 55.2. The lowest BCUT2D eigenvalue weighted by Crippen LogP contribution is -2.61. The smallest absolute Gasteiger partial charge is 0.332 e. The van der Waals surface area contributed by atoms with Gasteiger partial charge in [0, 0.05) is 19.5 Å². The van der Waals surface area contributed by atoms with Gasteiger partial charge in [-0.15, -0.1) is 0 Å². The summed E-state index contributed by atoms with van der Waals surface area (Å²) in [6, 6.07) is 3.76. The van der Waals surface area contributed by atoms with Crippen LogP contribution < -0.4 is 36.6 Å². The molecular weight excluding hydrogens is 967 g/mol. The number of benzene rings is 2. The largest absolute Gasteiger partial charge is 0.487 e. The Morgan fingerprint density at radius 1 is 0.824 bits per heavy atom. The number of likely N-dealkylation sites (N-methyl/N-ethyl adjacent to an activating group) is 1. The van der Waals surface area contributed by atoms with Gasteiger partial charge in [-0.3, -0.25) is 38.4 Å². The molecule has 0 saturated carbocycles. The van der Waals surface area contributed by atoms with E-state index in [4.69, 9.17) is 14.2 Å². The summed E-state index contributed by atoms with van der Waals surface area (Å²) in [6.45, 7) is 9.05. The Morgan fingerprint density at radius 2 is 1.45 bits per heavy atom. The SMILES string of the molecule is CC[C@H](C)[C@@H]1NC(=O)[C@@H](NC(=O)[C@H](C)[C@H](O)C(C)C)[C@H](C)OC(=O)[C@@H]2COC(=O)CNC(=O)/C=C/[C@@](O)(CO)[C@@H](C)Oc3ccc(cc3)[C@H](NC1=O)C(=O)N(C)[C@H](Cc1ccccc1)C(=O)N[C@H]([C@@H](C)O)C(=O)N2. The summed E-state index contributed by atoms with van der Waals surface area (Å²) in [5.41, 5.74) is -1.53. The van der Waals surface area contributed by atoms with Crippen molar-refractivity contribution in [2.45, 2.75) is 134 Å². The number of carbonyl (C=O) groups excluding carboxylic acids is 9. The summed E-state index contributed by atoms with van der Waals surface area (Å²) in [5, 5.41) is 58.3. The van der Waals surface area contributed by atoms with Crippen LogP contribution in [0.1, 0.15) is 79.0 Å². The molecule has 4 bridgehead atoms. The Bertz CT molecular complexity index is 2350. The van der Waals surface area contributed by atoms with Crippen molar-refractivity contribution in [3.05, 3.63) is 77.9 Å². The van der Waals surface area contributed by atoms with Crippen LogP contribution in [0.4, 0.5) is 0 Å². The monoisotopic (exact) mass is 1040 g/mol. The van der Waals surface area contributed by atoms with Gasteiger partial charge in [-0.2, -0.15) is 0 Å². The Morgan fingerprint density at radius 3 is 2.04 bits per heavy atom. The van der Waals surface area contributed by atoms with Crippen LogP contribution in [0.2, 0.25) is 0 Å². The minimum absolute atomic E-state index is 0.0801. The number of cyclic esters (lactones) is 1. The third-order valence-electron chi connectivity index (χ3n) is 13.2.